The van der Waals surface area contributed by atoms with E-state index in [0.29, 0.717) is 12.5 Å². The van der Waals surface area contributed by atoms with Gasteiger partial charge in [-0.2, -0.15) is 0 Å². The van der Waals surface area contributed by atoms with Gasteiger partial charge in [0.1, 0.15) is 0 Å². The van der Waals surface area contributed by atoms with Crippen LogP contribution >= 0.6 is 43.2 Å². The molecule has 1 aliphatic rings. The van der Waals surface area contributed by atoms with Crippen LogP contribution in [0.5, 0.6) is 0 Å². The molecule has 18 heavy (non-hydrogen) atoms. The number of piperidine rings is 1. The van der Waals surface area contributed by atoms with Gasteiger partial charge in [0.05, 0.1) is 14.1 Å². The van der Waals surface area contributed by atoms with Gasteiger partial charge in [-0.25, -0.2) is 0 Å². The van der Waals surface area contributed by atoms with Crippen molar-refractivity contribution >= 4 is 49.0 Å². The first-order valence-electron chi connectivity index (χ1n) is 5.91. The molecule has 1 fully saturated rings. The van der Waals surface area contributed by atoms with Crippen molar-refractivity contribution in [1.82, 2.24) is 4.90 Å². The standard InChI is InChI=1S/C12H15Br2NO2S/c13-11-5-9(12(14)18-11)10(17)6-15-3-1-8(7-16)2-4-15/h5,8,16H,1-4,6-7H2. The molecule has 0 radical (unpaired) electrons. The van der Waals surface area contributed by atoms with Gasteiger partial charge in [-0.3, -0.25) is 9.69 Å². The Bertz CT molecular complexity index is 428. The van der Waals surface area contributed by atoms with E-state index >= 15 is 0 Å². The molecule has 0 spiro atoms. The number of carbonyl (C=O) groups is 1. The van der Waals surface area contributed by atoms with Gasteiger partial charge in [0, 0.05) is 12.2 Å². The molecule has 3 nitrogen and oxygen atoms in total. The Morgan fingerprint density at radius 3 is 2.61 bits per heavy atom. The molecule has 0 unspecified atom stereocenters. The molecule has 1 aliphatic heterocycles. The smallest absolute Gasteiger partial charge is 0.178 e. The maximum absolute atomic E-state index is 12.2. The van der Waals surface area contributed by atoms with Gasteiger partial charge in [0.25, 0.3) is 0 Å². The Hall–Kier alpha value is 0.250. The van der Waals surface area contributed by atoms with Crippen LogP contribution in [0.15, 0.2) is 13.6 Å². The van der Waals surface area contributed by atoms with Crippen molar-refractivity contribution in [3.63, 3.8) is 0 Å². The van der Waals surface area contributed by atoms with Crippen LogP contribution < -0.4 is 0 Å². The van der Waals surface area contributed by atoms with Crippen molar-refractivity contribution in [3.8, 4) is 0 Å². The van der Waals surface area contributed by atoms with Gasteiger partial charge in [-0.15, -0.1) is 11.3 Å². The molecule has 6 heteroatoms. The Labute approximate surface area is 127 Å². The predicted molar refractivity (Wildman–Crippen MR) is 80.3 cm³/mol. The summed E-state index contributed by atoms with van der Waals surface area (Å²) in [6.45, 7) is 2.55. The van der Waals surface area contributed by atoms with Crippen LogP contribution in [0.4, 0.5) is 0 Å². The number of likely N-dealkylation sites (tertiary alicyclic amines) is 1. The highest BCUT2D eigenvalue weighted by Gasteiger charge is 2.22. The first-order valence-corrected chi connectivity index (χ1v) is 8.31. The zero-order valence-corrected chi connectivity index (χ0v) is 13.9. The van der Waals surface area contributed by atoms with Crippen molar-refractivity contribution in [2.75, 3.05) is 26.2 Å². The molecule has 0 bridgehead atoms. The summed E-state index contributed by atoms with van der Waals surface area (Å²) >= 11 is 8.33. The molecule has 2 heterocycles. The molecular weight excluding hydrogens is 382 g/mol. The highest BCUT2D eigenvalue weighted by molar-refractivity contribution is 9.12. The van der Waals surface area contributed by atoms with E-state index in [-0.39, 0.29) is 12.4 Å². The highest BCUT2D eigenvalue weighted by Crippen LogP contribution is 2.32. The van der Waals surface area contributed by atoms with E-state index in [1.165, 1.54) is 11.3 Å². The second-order valence-corrected chi connectivity index (χ2v) is 8.31. The summed E-state index contributed by atoms with van der Waals surface area (Å²) < 4.78 is 1.86. The van der Waals surface area contributed by atoms with E-state index in [1.54, 1.807) is 0 Å². The third-order valence-corrected chi connectivity index (χ3v) is 5.63. The number of halogens is 2. The van der Waals surface area contributed by atoms with Crippen molar-refractivity contribution < 1.29 is 9.90 Å². The van der Waals surface area contributed by atoms with E-state index in [1.807, 2.05) is 6.07 Å². The summed E-state index contributed by atoms with van der Waals surface area (Å²) in [5, 5.41) is 9.08. The monoisotopic (exact) mass is 395 g/mol. The number of Topliss-reactive ketones (excluding diaryl/α,β-unsaturated/α-hetero) is 1. The zero-order chi connectivity index (χ0) is 13.1. The van der Waals surface area contributed by atoms with Crippen molar-refractivity contribution in [1.29, 1.82) is 0 Å². The third-order valence-electron chi connectivity index (χ3n) is 3.29. The Morgan fingerprint density at radius 1 is 1.44 bits per heavy atom. The van der Waals surface area contributed by atoms with Gasteiger partial charge in [0.15, 0.2) is 5.78 Å². The van der Waals surface area contributed by atoms with E-state index in [0.717, 1.165) is 39.1 Å². The first kappa shape index (κ1) is 14.7. The molecular formula is C12H15Br2NO2S. The van der Waals surface area contributed by atoms with Gasteiger partial charge in [-0.05, 0) is 69.8 Å². The molecule has 100 valence electrons. The van der Waals surface area contributed by atoms with Gasteiger partial charge in [0.2, 0.25) is 0 Å². The maximum Gasteiger partial charge on any atom is 0.178 e. The number of rotatable bonds is 4. The number of hydrogen-bond donors (Lipinski definition) is 1. The fraction of sp³-hybridized carbons (Fsp3) is 0.583. The molecule has 1 saturated heterocycles. The van der Waals surface area contributed by atoms with Crippen molar-refractivity contribution in [3.05, 3.63) is 19.2 Å². The van der Waals surface area contributed by atoms with Crippen molar-refractivity contribution in [2.45, 2.75) is 12.8 Å². The SMILES string of the molecule is O=C(CN1CCC(CO)CC1)c1cc(Br)sc1Br. The minimum atomic E-state index is 0.159. The normalized spacial score (nSPS) is 18.2. The molecule has 0 saturated carbocycles. The second kappa shape index (κ2) is 6.61. The number of carbonyl (C=O) groups excluding carboxylic acids is 1. The van der Waals surface area contributed by atoms with Gasteiger partial charge >= 0.3 is 0 Å². The third kappa shape index (κ3) is 3.63. The number of nitrogens with zero attached hydrogens (tertiary/aromatic N) is 1. The molecule has 1 N–H and O–H groups in total. The summed E-state index contributed by atoms with van der Waals surface area (Å²) in [7, 11) is 0. The molecule has 2 rings (SSSR count). The van der Waals surface area contributed by atoms with E-state index in [9.17, 15) is 4.79 Å². The fourth-order valence-electron chi connectivity index (χ4n) is 2.15. The minimum absolute atomic E-state index is 0.159. The predicted octanol–water partition coefficient (Wildman–Crippen LogP) is 3.16. The maximum atomic E-state index is 12.2. The van der Waals surface area contributed by atoms with Crippen LogP contribution in [-0.4, -0.2) is 42.0 Å². The van der Waals surface area contributed by atoms with E-state index in [4.69, 9.17) is 5.11 Å². The quantitative estimate of drug-likeness (QED) is 0.794. The molecule has 0 atom stereocenters. The van der Waals surface area contributed by atoms with Crippen LogP contribution in [0.3, 0.4) is 0 Å². The number of aliphatic hydroxyl groups excluding tert-OH is 1. The van der Waals surface area contributed by atoms with Crippen LogP contribution in [0.1, 0.15) is 23.2 Å². The lowest BCUT2D eigenvalue weighted by Gasteiger charge is -2.30. The average molecular weight is 397 g/mol. The Morgan fingerprint density at radius 2 is 2.11 bits per heavy atom. The zero-order valence-electron chi connectivity index (χ0n) is 9.86. The van der Waals surface area contributed by atoms with Crippen LogP contribution in [-0.2, 0) is 0 Å². The number of hydrogen-bond acceptors (Lipinski definition) is 4. The topological polar surface area (TPSA) is 40.5 Å². The highest BCUT2D eigenvalue weighted by atomic mass is 79.9. The molecule has 0 aliphatic carbocycles. The molecule has 1 aromatic heterocycles. The van der Waals surface area contributed by atoms with Crippen LogP contribution in [0.25, 0.3) is 0 Å². The van der Waals surface area contributed by atoms with Gasteiger partial charge in [-0.1, -0.05) is 0 Å². The summed E-state index contributed by atoms with van der Waals surface area (Å²) in [6.07, 6.45) is 1.97. The summed E-state index contributed by atoms with van der Waals surface area (Å²) in [5.41, 5.74) is 0.760. The number of aliphatic hydroxyl groups is 1. The van der Waals surface area contributed by atoms with Crippen LogP contribution in [0, 0.1) is 5.92 Å². The summed E-state index contributed by atoms with van der Waals surface area (Å²) in [6, 6.07) is 1.87. The van der Waals surface area contributed by atoms with E-state index in [2.05, 4.69) is 36.8 Å². The molecule has 0 aromatic carbocycles. The fourth-order valence-corrected chi connectivity index (χ4v) is 5.00. The average Bonchev–Trinajstić information content (AvgIpc) is 2.69. The van der Waals surface area contributed by atoms with Crippen molar-refractivity contribution in [2.24, 2.45) is 5.92 Å². The lowest BCUT2D eigenvalue weighted by molar-refractivity contribution is 0.0864. The van der Waals surface area contributed by atoms with Crippen LogP contribution in [0.2, 0.25) is 0 Å². The second-order valence-electron chi connectivity index (χ2n) is 4.56. The Balaban J connectivity index is 1.90. The lowest BCUT2D eigenvalue weighted by Crippen LogP contribution is -2.38. The summed E-state index contributed by atoms with van der Waals surface area (Å²) in [5.74, 6) is 0.574. The first-order chi connectivity index (χ1) is 8.60. The van der Waals surface area contributed by atoms with E-state index < -0.39 is 0 Å². The van der Waals surface area contributed by atoms with Gasteiger partial charge < -0.3 is 5.11 Å². The minimum Gasteiger partial charge on any atom is -0.396 e. The number of thiophene rings is 1. The lowest BCUT2D eigenvalue weighted by atomic mass is 9.97. The number of ketones is 1. The largest absolute Gasteiger partial charge is 0.396 e. The molecule has 1 aromatic rings. The summed E-state index contributed by atoms with van der Waals surface area (Å²) in [4.78, 5) is 14.3. The Kier molecular flexibility index (Phi) is 5.38. The molecule has 0 amide bonds.